The fraction of sp³-hybridized carbons (Fsp3) is 0.219. The Morgan fingerprint density at radius 1 is 0.711 bits per heavy atom. The first-order chi connectivity index (χ1) is 18.6. The third-order valence-corrected chi connectivity index (χ3v) is 5.73. The van der Waals surface area contributed by atoms with Crippen LogP contribution in [0.15, 0.2) is 97.1 Å². The van der Waals surface area contributed by atoms with Gasteiger partial charge in [0.25, 0.3) is 0 Å². The van der Waals surface area contributed by atoms with Gasteiger partial charge in [-0.1, -0.05) is 54.6 Å². The number of esters is 1. The summed E-state index contributed by atoms with van der Waals surface area (Å²) in [6.45, 7) is 2.71. The van der Waals surface area contributed by atoms with Crippen LogP contribution in [0, 0.1) is 5.82 Å². The summed E-state index contributed by atoms with van der Waals surface area (Å²) < 4.78 is 37.5. The van der Waals surface area contributed by atoms with Gasteiger partial charge in [-0.15, -0.1) is 0 Å². The van der Waals surface area contributed by atoms with Gasteiger partial charge in [-0.25, -0.2) is 4.39 Å². The van der Waals surface area contributed by atoms with Crippen LogP contribution in [-0.2, 0) is 29.0 Å². The number of carbonyl (C=O) groups excluding carboxylic acids is 1. The molecule has 0 atom stereocenters. The summed E-state index contributed by atoms with van der Waals surface area (Å²) >= 11 is 0. The number of para-hydroxylation sites is 1. The quantitative estimate of drug-likeness (QED) is 0.175. The molecule has 0 radical (unpaired) electrons. The van der Waals surface area contributed by atoms with Crippen molar-refractivity contribution in [2.75, 3.05) is 13.2 Å². The minimum atomic E-state index is -0.484. The number of benzene rings is 4. The summed E-state index contributed by atoms with van der Waals surface area (Å²) in [5.41, 5.74) is 2.67. The van der Waals surface area contributed by atoms with Gasteiger partial charge in [0, 0.05) is 18.9 Å². The van der Waals surface area contributed by atoms with Crippen molar-refractivity contribution >= 4 is 5.97 Å². The maximum absolute atomic E-state index is 14.7. The second-order valence-electron chi connectivity index (χ2n) is 8.67. The predicted molar refractivity (Wildman–Crippen MR) is 144 cm³/mol. The van der Waals surface area contributed by atoms with E-state index in [1.54, 1.807) is 19.1 Å². The summed E-state index contributed by atoms with van der Waals surface area (Å²) in [5, 5.41) is 0. The van der Waals surface area contributed by atoms with Crippen molar-refractivity contribution in [3.63, 3.8) is 0 Å². The van der Waals surface area contributed by atoms with Crippen molar-refractivity contribution in [3.05, 3.63) is 120 Å². The van der Waals surface area contributed by atoms with Crippen LogP contribution in [0.4, 0.5) is 4.39 Å². The highest BCUT2D eigenvalue weighted by atomic mass is 19.1. The van der Waals surface area contributed by atoms with Crippen LogP contribution in [0.1, 0.15) is 30.0 Å². The van der Waals surface area contributed by atoms with Gasteiger partial charge in [0.2, 0.25) is 0 Å². The van der Waals surface area contributed by atoms with E-state index in [9.17, 15) is 9.18 Å². The lowest BCUT2D eigenvalue weighted by Gasteiger charge is -2.14. The Morgan fingerprint density at radius 2 is 1.45 bits per heavy atom. The maximum Gasteiger partial charge on any atom is 0.306 e. The molecule has 6 heteroatoms. The number of ether oxygens (including phenoxy) is 4. The first-order valence-electron chi connectivity index (χ1n) is 12.7. The molecule has 38 heavy (non-hydrogen) atoms. The van der Waals surface area contributed by atoms with Crippen LogP contribution in [0.25, 0.3) is 0 Å². The van der Waals surface area contributed by atoms with E-state index in [-0.39, 0.29) is 24.7 Å². The molecule has 0 heterocycles. The Balaban J connectivity index is 1.42. The molecule has 0 saturated heterocycles. The molecule has 0 aliphatic carbocycles. The normalized spacial score (nSPS) is 10.6. The molecule has 0 amide bonds. The molecule has 0 bridgehead atoms. The SMILES string of the molecule is CCOC(=O)CCc1ccc(OCc2cc(OCCc3ccccc3)cc(Oc3ccccc3)c2)c(F)c1. The van der Waals surface area contributed by atoms with Gasteiger partial charge in [-0.3, -0.25) is 4.79 Å². The van der Waals surface area contributed by atoms with Gasteiger partial charge < -0.3 is 18.9 Å². The number of hydrogen-bond acceptors (Lipinski definition) is 5. The summed E-state index contributed by atoms with van der Waals surface area (Å²) in [6.07, 6.45) is 1.37. The molecule has 5 nitrogen and oxygen atoms in total. The molecule has 4 aromatic carbocycles. The first-order valence-corrected chi connectivity index (χ1v) is 12.7. The van der Waals surface area contributed by atoms with Crippen LogP contribution in [-0.4, -0.2) is 19.2 Å². The highest BCUT2D eigenvalue weighted by Crippen LogP contribution is 2.29. The molecule has 0 aliphatic heterocycles. The van der Waals surface area contributed by atoms with Crippen LogP contribution >= 0.6 is 0 Å². The van der Waals surface area contributed by atoms with Crippen molar-refractivity contribution in [3.8, 4) is 23.0 Å². The zero-order chi connectivity index (χ0) is 26.6. The van der Waals surface area contributed by atoms with Crippen molar-refractivity contribution < 1.29 is 28.1 Å². The molecule has 0 fully saturated rings. The van der Waals surface area contributed by atoms with E-state index in [0.29, 0.717) is 42.4 Å². The molecule has 0 aliphatic rings. The standard InChI is InChI=1S/C32H31FO5/c1-2-35-32(34)16-14-25-13-15-31(30(33)21-25)37-23-26-19-28(36-18-17-24-9-5-3-6-10-24)22-29(20-26)38-27-11-7-4-8-12-27/h3-13,15,19-22H,2,14,16-18,23H2,1H3. The van der Waals surface area contributed by atoms with Gasteiger partial charge in [-0.2, -0.15) is 0 Å². The lowest BCUT2D eigenvalue weighted by Crippen LogP contribution is -2.05. The topological polar surface area (TPSA) is 54.0 Å². The summed E-state index contributed by atoms with van der Waals surface area (Å²) in [4.78, 5) is 11.6. The Hall–Kier alpha value is -4.32. The first kappa shape index (κ1) is 26.7. The molecule has 0 saturated carbocycles. The lowest BCUT2D eigenvalue weighted by atomic mass is 10.1. The monoisotopic (exact) mass is 514 g/mol. The summed E-state index contributed by atoms with van der Waals surface area (Å²) in [7, 11) is 0. The Labute approximate surface area is 222 Å². The molecule has 4 rings (SSSR count). The molecular formula is C32H31FO5. The average molecular weight is 515 g/mol. The minimum absolute atomic E-state index is 0.125. The highest BCUT2D eigenvalue weighted by molar-refractivity contribution is 5.69. The van der Waals surface area contributed by atoms with Gasteiger partial charge in [0.15, 0.2) is 11.6 Å². The van der Waals surface area contributed by atoms with Gasteiger partial charge >= 0.3 is 5.97 Å². The van der Waals surface area contributed by atoms with Crippen molar-refractivity contribution in [1.29, 1.82) is 0 Å². The van der Waals surface area contributed by atoms with E-state index >= 15 is 0 Å². The van der Waals surface area contributed by atoms with E-state index in [2.05, 4.69) is 12.1 Å². The van der Waals surface area contributed by atoms with Gasteiger partial charge in [0.05, 0.1) is 13.2 Å². The Bertz CT molecular complexity index is 1310. The lowest BCUT2D eigenvalue weighted by molar-refractivity contribution is -0.143. The van der Waals surface area contributed by atoms with E-state index < -0.39 is 5.82 Å². The van der Waals surface area contributed by atoms with Crippen LogP contribution in [0.5, 0.6) is 23.0 Å². The van der Waals surface area contributed by atoms with E-state index in [1.807, 2.05) is 66.7 Å². The van der Waals surface area contributed by atoms with E-state index in [4.69, 9.17) is 18.9 Å². The van der Waals surface area contributed by atoms with Crippen LogP contribution < -0.4 is 14.2 Å². The highest BCUT2D eigenvalue weighted by Gasteiger charge is 2.10. The van der Waals surface area contributed by atoms with E-state index in [1.165, 1.54) is 11.6 Å². The van der Waals surface area contributed by atoms with Gasteiger partial charge in [0.1, 0.15) is 23.9 Å². The molecule has 0 N–H and O–H groups in total. The number of rotatable bonds is 13. The number of hydrogen-bond donors (Lipinski definition) is 0. The molecule has 4 aromatic rings. The Morgan fingerprint density at radius 3 is 2.18 bits per heavy atom. The van der Waals surface area contributed by atoms with Crippen molar-refractivity contribution in [1.82, 2.24) is 0 Å². The van der Waals surface area contributed by atoms with Crippen molar-refractivity contribution in [2.24, 2.45) is 0 Å². The van der Waals surface area contributed by atoms with Crippen LogP contribution in [0.3, 0.4) is 0 Å². The van der Waals surface area contributed by atoms with Gasteiger partial charge in [-0.05, 0) is 66.4 Å². The molecule has 0 spiro atoms. The zero-order valence-electron chi connectivity index (χ0n) is 21.4. The number of halogens is 1. The number of aryl methyl sites for hydroxylation is 1. The largest absolute Gasteiger partial charge is 0.493 e. The smallest absolute Gasteiger partial charge is 0.306 e. The molecule has 0 unspecified atom stereocenters. The minimum Gasteiger partial charge on any atom is -0.493 e. The maximum atomic E-state index is 14.7. The third kappa shape index (κ3) is 8.37. The van der Waals surface area contributed by atoms with Crippen LogP contribution in [0.2, 0.25) is 0 Å². The second-order valence-corrected chi connectivity index (χ2v) is 8.67. The summed E-state index contributed by atoms with van der Waals surface area (Å²) in [5.74, 6) is 1.29. The molecular weight excluding hydrogens is 483 g/mol. The Kier molecular flexibility index (Phi) is 9.74. The average Bonchev–Trinajstić information content (AvgIpc) is 2.93. The number of carbonyl (C=O) groups is 1. The fourth-order valence-electron chi connectivity index (χ4n) is 3.87. The molecule has 196 valence electrons. The molecule has 0 aromatic heterocycles. The third-order valence-electron chi connectivity index (χ3n) is 5.73. The zero-order valence-corrected chi connectivity index (χ0v) is 21.4. The fourth-order valence-corrected chi connectivity index (χ4v) is 3.87. The van der Waals surface area contributed by atoms with Crippen molar-refractivity contribution in [2.45, 2.75) is 32.8 Å². The summed E-state index contributed by atoms with van der Waals surface area (Å²) in [6, 6.07) is 29.9. The predicted octanol–water partition coefficient (Wildman–Crippen LogP) is 7.31. The second kappa shape index (κ2) is 13.8. The van der Waals surface area contributed by atoms with E-state index in [0.717, 1.165) is 12.0 Å².